The Hall–Kier alpha value is -3.15. The van der Waals surface area contributed by atoms with Gasteiger partial charge in [0, 0.05) is 36.7 Å². The third-order valence-electron chi connectivity index (χ3n) is 5.20. The number of rotatable bonds is 6. The van der Waals surface area contributed by atoms with Gasteiger partial charge in [-0.1, -0.05) is 30.3 Å². The van der Waals surface area contributed by atoms with Gasteiger partial charge in [0.25, 0.3) is 0 Å². The number of hydrogen-bond donors (Lipinski definition) is 0. The molecule has 3 aromatic rings. The van der Waals surface area contributed by atoms with Crippen LogP contribution in [0.1, 0.15) is 25.3 Å². The van der Waals surface area contributed by atoms with Gasteiger partial charge in [-0.15, -0.1) is 5.10 Å². The first kappa shape index (κ1) is 19.2. The summed E-state index contributed by atoms with van der Waals surface area (Å²) in [7, 11) is 0. The van der Waals surface area contributed by atoms with Crippen LogP contribution in [0.4, 0.5) is 0 Å². The topological polar surface area (TPSA) is 64.5 Å². The molecule has 0 saturated carbocycles. The van der Waals surface area contributed by atoms with Gasteiger partial charge >= 0.3 is 0 Å². The summed E-state index contributed by atoms with van der Waals surface area (Å²) in [5, 5.41) is 10.2. The molecule has 29 heavy (non-hydrogen) atoms. The Morgan fingerprint density at radius 2 is 1.86 bits per heavy atom. The summed E-state index contributed by atoms with van der Waals surface area (Å²) < 4.78 is 11.6. The van der Waals surface area contributed by atoms with Crippen LogP contribution in [0.25, 0.3) is 10.8 Å². The Morgan fingerprint density at radius 3 is 2.62 bits per heavy atom. The van der Waals surface area contributed by atoms with Crippen LogP contribution in [0.5, 0.6) is 11.6 Å². The van der Waals surface area contributed by atoms with Gasteiger partial charge in [-0.2, -0.15) is 5.10 Å². The number of benzene rings is 2. The largest absolute Gasteiger partial charge is 0.494 e. The van der Waals surface area contributed by atoms with Crippen LogP contribution in [0.3, 0.4) is 0 Å². The minimum Gasteiger partial charge on any atom is -0.494 e. The van der Waals surface area contributed by atoms with Crippen LogP contribution in [-0.4, -0.2) is 46.8 Å². The average molecular weight is 391 g/mol. The molecule has 1 aromatic heterocycles. The molecular weight excluding hydrogens is 366 g/mol. The SMILES string of the molecule is CCOc1ccc(CC(=O)N2CCC(Oc3nncc4ccccc34)CC2)cc1. The highest BCUT2D eigenvalue weighted by Crippen LogP contribution is 2.25. The van der Waals surface area contributed by atoms with Crippen molar-refractivity contribution in [2.75, 3.05) is 19.7 Å². The van der Waals surface area contributed by atoms with Crippen molar-refractivity contribution >= 4 is 16.7 Å². The predicted octanol–water partition coefficient (Wildman–Crippen LogP) is 3.64. The van der Waals surface area contributed by atoms with E-state index in [9.17, 15) is 4.79 Å². The van der Waals surface area contributed by atoms with Gasteiger partial charge in [-0.25, -0.2) is 0 Å². The molecule has 1 aliphatic heterocycles. The summed E-state index contributed by atoms with van der Waals surface area (Å²) >= 11 is 0. The van der Waals surface area contributed by atoms with E-state index in [-0.39, 0.29) is 12.0 Å². The lowest BCUT2D eigenvalue weighted by Gasteiger charge is -2.32. The zero-order valence-corrected chi connectivity index (χ0v) is 16.6. The van der Waals surface area contributed by atoms with Crippen molar-refractivity contribution in [3.8, 4) is 11.6 Å². The normalized spacial score (nSPS) is 14.7. The van der Waals surface area contributed by atoms with E-state index in [1.54, 1.807) is 6.20 Å². The van der Waals surface area contributed by atoms with E-state index in [1.807, 2.05) is 60.4 Å². The number of likely N-dealkylation sites (tertiary alicyclic amines) is 1. The van der Waals surface area contributed by atoms with E-state index in [0.717, 1.165) is 34.9 Å². The first-order valence-corrected chi connectivity index (χ1v) is 10.1. The average Bonchev–Trinajstić information content (AvgIpc) is 2.76. The van der Waals surface area contributed by atoms with E-state index >= 15 is 0 Å². The molecule has 0 spiro atoms. The number of hydrogen-bond acceptors (Lipinski definition) is 5. The van der Waals surface area contributed by atoms with Crippen molar-refractivity contribution in [1.82, 2.24) is 15.1 Å². The first-order chi connectivity index (χ1) is 14.2. The number of fused-ring (bicyclic) bond motifs is 1. The van der Waals surface area contributed by atoms with Crippen LogP contribution >= 0.6 is 0 Å². The molecule has 0 atom stereocenters. The molecule has 0 radical (unpaired) electrons. The lowest BCUT2D eigenvalue weighted by molar-refractivity contribution is -0.132. The fraction of sp³-hybridized carbons (Fsp3) is 0.348. The van der Waals surface area contributed by atoms with E-state index in [0.29, 0.717) is 32.0 Å². The number of carbonyl (C=O) groups is 1. The lowest BCUT2D eigenvalue weighted by Crippen LogP contribution is -2.42. The smallest absolute Gasteiger partial charge is 0.241 e. The molecule has 2 aromatic carbocycles. The standard InChI is InChI=1S/C23H25N3O3/c1-2-28-19-9-7-17(8-10-19)15-22(27)26-13-11-20(12-14-26)29-23-21-6-4-3-5-18(21)16-24-25-23/h3-10,16,20H,2,11-15H2,1H3. The van der Waals surface area contributed by atoms with Crippen LogP contribution in [0.15, 0.2) is 54.7 Å². The Labute approximate surface area is 170 Å². The van der Waals surface area contributed by atoms with Crippen molar-refractivity contribution in [1.29, 1.82) is 0 Å². The molecule has 1 amide bonds. The van der Waals surface area contributed by atoms with Crippen molar-refractivity contribution in [3.63, 3.8) is 0 Å². The van der Waals surface area contributed by atoms with Gasteiger partial charge in [0.2, 0.25) is 11.8 Å². The maximum Gasteiger partial charge on any atom is 0.241 e. The van der Waals surface area contributed by atoms with Crippen LogP contribution < -0.4 is 9.47 Å². The molecule has 1 aliphatic rings. The maximum atomic E-state index is 12.6. The second kappa shape index (κ2) is 8.90. The minimum atomic E-state index is 0.0460. The van der Waals surface area contributed by atoms with Crippen molar-refractivity contribution in [2.24, 2.45) is 0 Å². The highest BCUT2D eigenvalue weighted by Gasteiger charge is 2.24. The third kappa shape index (κ3) is 4.65. The molecule has 6 nitrogen and oxygen atoms in total. The Kier molecular flexibility index (Phi) is 5.89. The second-order valence-electron chi connectivity index (χ2n) is 7.19. The van der Waals surface area contributed by atoms with Crippen molar-refractivity contribution in [3.05, 3.63) is 60.3 Å². The van der Waals surface area contributed by atoms with Crippen molar-refractivity contribution < 1.29 is 14.3 Å². The van der Waals surface area contributed by atoms with Gasteiger partial charge in [0.05, 0.1) is 19.2 Å². The molecule has 150 valence electrons. The van der Waals surface area contributed by atoms with Gasteiger partial charge < -0.3 is 14.4 Å². The number of piperidine rings is 1. The summed E-state index contributed by atoms with van der Waals surface area (Å²) in [4.78, 5) is 14.6. The van der Waals surface area contributed by atoms with Gasteiger partial charge in [0.15, 0.2) is 0 Å². The molecule has 0 bridgehead atoms. The molecule has 2 heterocycles. The van der Waals surface area contributed by atoms with E-state index in [4.69, 9.17) is 9.47 Å². The van der Waals surface area contributed by atoms with Crippen LogP contribution in [0, 0.1) is 0 Å². The molecule has 6 heteroatoms. The zero-order chi connectivity index (χ0) is 20.1. The van der Waals surface area contributed by atoms with Gasteiger partial charge in [-0.3, -0.25) is 4.79 Å². The Bertz CT molecular complexity index is 961. The maximum absolute atomic E-state index is 12.6. The number of ether oxygens (including phenoxy) is 2. The molecular formula is C23H25N3O3. The Balaban J connectivity index is 1.31. The summed E-state index contributed by atoms with van der Waals surface area (Å²) in [6.45, 7) is 3.98. The van der Waals surface area contributed by atoms with Gasteiger partial charge in [0.1, 0.15) is 11.9 Å². The first-order valence-electron chi connectivity index (χ1n) is 10.1. The monoisotopic (exact) mass is 391 g/mol. The second-order valence-corrected chi connectivity index (χ2v) is 7.19. The van der Waals surface area contributed by atoms with Crippen LogP contribution in [-0.2, 0) is 11.2 Å². The minimum absolute atomic E-state index is 0.0460. The highest BCUT2D eigenvalue weighted by molar-refractivity contribution is 5.85. The molecule has 0 aliphatic carbocycles. The highest BCUT2D eigenvalue weighted by atomic mass is 16.5. The molecule has 1 saturated heterocycles. The third-order valence-corrected chi connectivity index (χ3v) is 5.20. The zero-order valence-electron chi connectivity index (χ0n) is 16.6. The summed E-state index contributed by atoms with van der Waals surface area (Å²) in [6.07, 6.45) is 3.78. The summed E-state index contributed by atoms with van der Waals surface area (Å²) in [5.41, 5.74) is 1.00. The molecule has 4 rings (SSSR count). The predicted molar refractivity (Wildman–Crippen MR) is 111 cm³/mol. The molecule has 0 unspecified atom stereocenters. The van der Waals surface area contributed by atoms with E-state index < -0.39 is 0 Å². The molecule has 1 fully saturated rings. The summed E-state index contributed by atoms with van der Waals surface area (Å²) in [6, 6.07) is 15.7. The fourth-order valence-corrected chi connectivity index (χ4v) is 3.63. The quantitative estimate of drug-likeness (QED) is 0.642. The van der Waals surface area contributed by atoms with Crippen molar-refractivity contribution in [2.45, 2.75) is 32.3 Å². The lowest BCUT2D eigenvalue weighted by atomic mass is 10.1. The summed E-state index contributed by atoms with van der Waals surface area (Å²) in [5.74, 6) is 1.55. The number of aromatic nitrogens is 2. The number of nitrogens with zero attached hydrogens (tertiary/aromatic N) is 3. The fourth-order valence-electron chi connectivity index (χ4n) is 3.63. The number of amides is 1. The van der Waals surface area contributed by atoms with Crippen LogP contribution in [0.2, 0.25) is 0 Å². The van der Waals surface area contributed by atoms with E-state index in [2.05, 4.69) is 10.2 Å². The van der Waals surface area contributed by atoms with E-state index in [1.165, 1.54) is 0 Å². The van der Waals surface area contributed by atoms with Gasteiger partial charge in [-0.05, 0) is 30.7 Å². The Morgan fingerprint density at radius 1 is 1.10 bits per heavy atom. The molecule has 0 N–H and O–H groups in total. The number of carbonyl (C=O) groups excluding carboxylic acids is 1.